The van der Waals surface area contributed by atoms with Gasteiger partial charge in [-0.25, -0.2) is 9.37 Å². The first kappa shape index (κ1) is 16.2. The predicted octanol–water partition coefficient (Wildman–Crippen LogP) is 2.25. The molecular formula is C16H27FN4. The Hall–Kier alpha value is -1.20. The average molecular weight is 294 g/mol. The number of nitrogens with zero attached hydrogens (tertiary/aromatic N) is 3. The molecule has 2 rings (SSSR count). The standard InChI is InChI=1S/C16H27FN4/c1-5-20-8-9-21(11-13(20)4)16-15(17)14(6-7-18-16)10-19-12(2)3/h6-7,12-13,19H,5,8-11H2,1-4H3. The van der Waals surface area contributed by atoms with Crippen molar-refractivity contribution in [3.05, 3.63) is 23.6 Å². The normalized spacial score (nSPS) is 20.3. The van der Waals surface area contributed by atoms with Crippen LogP contribution in [0.15, 0.2) is 12.3 Å². The summed E-state index contributed by atoms with van der Waals surface area (Å²) in [5.41, 5.74) is 0.694. The molecule has 0 aromatic carbocycles. The Kier molecular flexibility index (Phi) is 5.53. The highest BCUT2D eigenvalue weighted by molar-refractivity contribution is 5.44. The zero-order valence-corrected chi connectivity index (χ0v) is 13.6. The summed E-state index contributed by atoms with van der Waals surface area (Å²) in [6.45, 7) is 12.7. The maximum Gasteiger partial charge on any atom is 0.170 e. The molecule has 1 atom stereocenters. The van der Waals surface area contributed by atoms with Gasteiger partial charge in [-0.1, -0.05) is 20.8 Å². The van der Waals surface area contributed by atoms with Crippen LogP contribution in [-0.2, 0) is 6.54 Å². The highest BCUT2D eigenvalue weighted by Gasteiger charge is 2.25. The number of likely N-dealkylation sites (N-methyl/N-ethyl adjacent to an activating group) is 1. The third-order valence-electron chi connectivity index (χ3n) is 4.12. The van der Waals surface area contributed by atoms with Crippen molar-refractivity contribution in [2.24, 2.45) is 0 Å². The van der Waals surface area contributed by atoms with Gasteiger partial charge in [-0.05, 0) is 19.5 Å². The van der Waals surface area contributed by atoms with Crippen molar-refractivity contribution in [3.63, 3.8) is 0 Å². The Balaban J connectivity index is 2.11. The summed E-state index contributed by atoms with van der Waals surface area (Å²) in [5, 5.41) is 3.26. The van der Waals surface area contributed by atoms with Crippen LogP contribution in [0.2, 0.25) is 0 Å². The molecule has 1 saturated heterocycles. The number of piperazine rings is 1. The Labute approximate surface area is 127 Å². The van der Waals surface area contributed by atoms with Crippen molar-refractivity contribution in [1.29, 1.82) is 0 Å². The molecule has 0 radical (unpaired) electrons. The van der Waals surface area contributed by atoms with Gasteiger partial charge in [0, 0.05) is 50.0 Å². The second-order valence-corrected chi connectivity index (χ2v) is 6.07. The largest absolute Gasteiger partial charge is 0.351 e. The molecule has 118 valence electrons. The number of hydrogen-bond acceptors (Lipinski definition) is 4. The first-order chi connectivity index (χ1) is 10.0. The Morgan fingerprint density at radius 1 is 1.43 bits per heavy atom. The number of rotatable bonds is 5. The van der Waals surface area contributed by atoms with Gasteiger partial charge < -0.3 is 10.2 Å². The molecule has 1 aromatic heterocycles. The average Bonchev–Trinajstić information content (AvgIpc) is 2.46. The summed E-state index contributed by atoms with van der Waals surface area (Å²) < 4.78 is 14.7. The Bertz CT molecular complexity index is 464. The first-order valence-electron chi connectivity index (χ1n) is 7.88. The number of nitrogens with one attached hydrogen (secondary N) is 1. The summed E-state index contributed by atoms with van der Waals surface area (Å²) in [5.74, 6) is 0.323. The van der Waals surface area contributed by atoms with Crippen LogP contribution in [0.25, 0.3) is 0 Å². The highest BCUT2D eigenvalue weighted by Crippen LogP contribution is 2.22. The molecule has 0 saturated carbocycles. The molecule has 2 heterocycles. The molecule has 4 nitrogen and oxygen atoms in total. The number of halogens is 1. The molecule has 1 N–H and O–H groups in total. The van der Waals surface area contributed by atoms with Gasteiger partial charge in [0.25, 0.3) is 0 Å². The molecule has 21 heavy (non-hydrogen) atoms. The topological polar surface area (TPSA) is 31.4 Å². The van der Waals surface area contributed by atoms with E-state index < -0.39 is 0 Å². The predicted molar refractivity (Wildman–Crippen MR) is 85.1 cm³/mol. The van der Waals surface area contributed by atoms with Crippen LogP contribution in [0.4, 0.5) is 10.2 Å². The van der Waals surface area contributed by atoms with E-state index in [1.807, 2.05) is 0 Å². The SMILES string of the molecule is CCN1CCN(c2nccc(CNC(C)C)c2F)CC1C. The molecule has 1 aromatic rings. The summed E-state index contributed by atoms with van der Waals surface area (Å²) in [6, 6.07) is 2.54. The fourth-order valence-electron chi connectivity index (χ4n) is 2.80. The number of aromatic nitrogens is 1. The van der Waals surface area contributed by atoms with Crippen molar-refractivity contribution in [2.45, 2.75) is 46.3 Å². The third-order valence-corrected chi connectivity index (χ3v) is 4.12. The van der Waals surface area contributed by atoms with Gasteiger partial charge in [0.1, 0.15) is 0 Å². The molecule has 0 bridgehead atoms. The molecule has 1 fully saturated rings. The quantitative estimate of drug-likeness (QED) is 0.902. The van der Waals surface area contributed by atoms with Crippen molar-refractivity contribution in [1.82, 2.24) is 15.2 Å². The van der Waals surface area contributed by atoms with Crippen molar-refractivity contribution >= 4 is 5.82 Å². The van der Waals surface area contributed by atoms with E-state index in [-0.39, 0.29) is 5.82 Å². The van der Waals surface area contributed by atoms with E-state index in [4.69, 9.17) is 0 Å². The second kappa shape index (κ2) is 7.18. The third kappa shape index (κ3) is 3.92. The van der Waals surface area contributed by atoms with E-state index in [1.165, 1.54) is 0 Å². The van der Waals surface area contributed by atoms with Crippen LogP contribution in [0.1, 0.15) is 33.3 Å². The van der Waals surface area contributed by atoms with Gasteiger partial charge >= 0.3 is 0 Å². The van der Waals surface area contributed by atoms with Crippen LogP contribution in [0.5, 0.6) is 0 Å². The summed E-state index contributed by atoms with van der Waals surface area (Å²) in [6.07, 6.45) is 1.71. The Morgan fingerprint density at radius 3 is 2.81 bits per heavy atom. The lowest BCUT2D eigenvalue weighted by atomic mass is 10.1. The monoisotopic (exact) mass is 294 g/mol. The lowest BCUT2D eigenvalue weighted by Gasteiger charge is -2.40. The number of anilines is 1. The number of hydrogen-bond donors (Lipinski definition) is 1. The van der Waals surface area contributed by atoms with Crippen LogP contribution < -0.4 is 10.2 Å². The molecule has 1 aliphatic rings. The van der Waals surface area contributed by atoms with Gasteiger partial charge in [-0.15, -0.1) is 0 Å². The summed E-state index contributed by atoms with van der Waals surface area (Å²) in [4.78, 5) is 8.77. The zero-order valence-electron chi connectivity index (χ0n) is 13.6. The van der Waals surface area contributed by atoms with E-state index in [2.05, 4.69) is 47.8 Å². The van der Waals surface area contributed by atoms with Crippen molar-refractivity contribution < 1.29 is 4.39 Å². The van der Waals surface area contributed by atoms with Crippen LogP contribution in [-0.4, -0.2) is 48.1 Å². The van der Waals surface area contributed by atoms with E-state index >= 15 is 0 Å². The summed E-state index contributed by atoms with van der Waals surface area (Å²) in [7, 11) is 0. The minimum atomic E-state index is -0.178. The molecule has 0 aliphatic carbocycles. The minimum absolute atomic E-state index is 0.178. The van der Waals surface area contributed by atoms with Crippen LogP contribution >= 0.6 is 0 Å². The van der Waals surface area contributed by atoms with E-state index in [1.54, 1.807) is 12.3 Å². The van der Waals surface area contributed by atoms with E-state index in [0.29, 0.717) is 30.0 Å². The molecule has 0 spiro atoms. The van der Waals surface area contributed by atoms with Gasteiger partial charge in [-0.2, -0.15) is 0 Å². The first-order valence-corrected chi connectivity index (χ1v) is 7.88. The maximum atomic E-state index is 14.7. The zero-order chi connectivity index (χ0) is 15.4. The molecule has 5 heteroatoms. The molecular weight excluding hydrogens is 267 g/mol. The van der Waals surface area contributed by atoms with Gasteiger partial charge in [-0.3, -0.25) is 4.90 Å². The number of pyridine rings is 1. The van der Waals surface area contributed by atoms with E-state index in [0.717, 1.165) is 26.2 Å². The second-order valence-electron chi connectivity index (χ2n) is 6.07. The van der Waals surface area contributed by atoms with Crippen LogP contribution in [0, 0.1) is 5.82 Å². The fraction of sp³-hybridized carbons (Fsp3) is 0.688. The maximum absolute atomic E-state index is 14.7. The van der Waals surface area contributed by atoms with Gasteiger partial charge in [0.05, 0.1) is 0 Å². The van der Waals surface area contributed by atoms with Gasteiger partial charge in [0.15, 0.2) is 11.6 Å². The molecule has 1 aliphatic heterocycles. The van der Waals surface area contributed by atoms with Crippen molar-refractivity contribution in [2.75, 3.05) is 31.1 Å². The minimum Gasteiger partial charge on any atom is -0.351 e. The van der Waals surface area contributed by atoms with Gasteiger partial charge in [0.2, 0.25) is 0 Å². The van der Waals surface area contributed by atoms with E-state index in [9.17, 15) is 4.39 Å². The molecule has 1 unspecified atom stereocenters. The lowest BCUT2D eigenvalue weighted by Crippen LogP contribution is -2.52. The van der Waals surface area contributed by atoms with Crippen molar-refractivity contribution in [3.8, 4) is 0 Å². The lowest BCUT2D eigenvalue weighted by molar-refractivity contribution is 0.198. The molecule has 0 amide bonds. The smallest absolute Gasteiger partial charge is 0.170 e. The van der Waals surface area contributed by atoms with Crippen LogP contribution in [0.3, 0.4) is 0 Å². The fourth-order valence-corrected chi connectivity index (χ4v) is 2.80. The Morgan fingerprint density at radius 2 is 2.19 bits per heavy atom. The summed E-state index contributed by atoms with van der Waals surface area (Å²) >= 11 is 0. The highest BCUT2D eigenvalue weighted by atomic mass is 19.1.